The van der Waals surface area contributed by atoms with Gasteiger partial charge in [-0.05, 0) is 61.7 Å². The Morgan fingerprint density at radius 1 is 1.17 bits per heavy atom. The molecule has 0 aliphatic carbocycles. The molecule has 0 radical (unpaired) electrons. The summed E-state index contributed by atoms with van der Waals surface area (Å²) in [5, 5.41) is 10.4. The van der Waals surface area contributed by atoms with Crippen LogP contribution in [0.2, 0.25) is 0 Å². The number of rotatable bonds is 6. The zero-order chi connectivity index (χ0) is 21.0. The van der Waals surface area contributed by atoms with E-state index in [0.29, 0.717) is 28.1 Å². The number of nitrogens with one attached hydrogen (secondary N) is 2. The van der Waals surface area contributed by atoms with Gasteiger partial charge in [0.25, 0.3) is 5.91 Å². The number of ether oxygens (including phenoxy) is 1. The van der Waals surface area contributed by atoms with E-state index in [1.54, 1.807) is 30.3 Å². The Balaban J connectivity index is 1.71. The summed E-state index contributed by atoms with van der Waals surface area (Å²) in [4.78, 5) is 27.0. The number of hydrogen-bond acceptors (Lipinski definition) is 4. The summed E-state index contributed by atoms with van der Waals surface area (Å²) in [6, 6.07) is 10.4. The van der Waals surface area contributed by atoms with Crippen molar-refractivity contribution in [2.24, 2.45) is 5.73 Å². The molecule has 1 aliphatic heterocycles. The maximum atomic E-state index is 12.6. The molecule has 0 bridgehead atoms. The van der Waals surface area contributed by atoms with Crippen LogP contribution in [0.4, 0.5) is 5.69 Å². The molecule has 4 N–H and O–H groups in total. The summed E-state index contributed by atoms with van der Waals surface area (Å²) in [7, 11) is 1.53. The number of nitrogen functional groups attached to an aromatic ring is 1. The smallest absolute Gasteiger partial charge is 0.254 e. The van der Waals surface area contributed by atoms with Gasteiger partial charge in [-0.15, -0.1) is 0 Å². The monoisotopic (exact) mass is 394 g/mol. The highest BCUT2D eigenvalue weighted by Gasteiger charge is 2.21. The van der Waals surface area contributed by atoms with Gasteiger partial charge in [0.1, 0.15) is 11.6 Å². The van der Waals surface area contributed by atoms with E-state index < -0.39 is 0 Å². The van der Waals surface area contributed by atoms with Gasteiger partial charge in [-0.2, -0.15) is 0 Å². The van der Waals surface area contributed by atoms with Crippen molar-refractivity contribution in [2.45, 2.75) is 26.2 Å². The SMILES string of the molecule is COc1ccc(C(=N)N)cc1CC(=O)Nc1ccc(C(=O)N2CCCC2)c(C)c1. The second-order valence-electron chi connectivity index (χ2n) is 7.19. The lowest BCUT2D eigenvalue weighted by Gasteiger charge is -2.17. The van der Waals surface area contributed by atoms with E-state index in [0.717, 1.165) is 31.5 Å². The zero-order valence-electron chi connectivity index (χ0n) is 16.7. The van der Waals surface area contributed by atoms with Gasteiger partial charge in [0.2, 0.25) is 5.91 Å². The molecule has 2 amide bonds. The van der Waals surface area contributed by atoms with Crippen LogP contribution >= 0.6 is 0 Å². The number of nitrogens with zero attached hydrogens (tertiary/aromatic N) is 1. The molecule has 0 aromatic heterocycles. The van der Waals surface area contributed by atoms with Gasteiger partial charge in [0, 0.05) is 35.5 Å². The molecule has 3 rings (SSSR count). The molecule has 2 aromatic carbocycles. The van der Waals surface area contributed by atoms with Gasteiger partial charge in [0.05, 0.1) is 13.5 Å². The van der Waals surface area contributed by atoms with Crippen LogP contribution in [0.15, 0.2) is 36.4 Å². The van der Waals surface area contributed by atoms with E-state index in [4.69, 9.17) is 15.9 Å². The van der Waals surface area contributed by atoms with Crippen molar-refractivity contribution in [3.05, 3.63) is 58.7 Å². The molecule has 0 saturated carbocycles. The molecule has 1 saturated heterocycles. The molecule has 1 heterocycles. The van der Waals surface area contributed by atoms with E-state index in [9.17, 15) is 9.59 Å². The van der Waals surface area contributed by atoms with Crippen molar-refractivity contribution < 1.29 is 14.3 Å². The maximum absolute atomic E-state index is 12.6. The van der Waals surface area contributed by atoms with Crippen molar-refractivity contribution in [1.82, 2.24) is 4.90 Å². The Kier molecular flexibility index (Phi) is 6.16. The third-order valence-electron chi connectivity index (χ3n) is 5.08. The second kappa shape index (κ2) is 8.77. The van der Waals surface area contributed by atoms with Crippen molar-refractivity contribution in [3.63, 3.8) is 0 Å². The number of benzene rings is 2. The van der Waals surface area contributed by atoms with Gasteiger partial charge in [-0.25, -0.2) is 0 Å². The fourth-order valence-electron chi connectivity index (χ4n) is 3.53. The fourth-order valence-corrected chi connectivity index (χ4v) is 3.53. The van der Waals surface area contributed by atoms with Crippen molar-refractivity contribution in [3.8, 4) is 5.75 Å². The minimum atomic E-state index is -0.220. The van der Waals surface area contributed by atoms with Crippen LogP contribution in [0.1, 0.15) is 39.9 Å². The number of anilines is 1. The Bertz CT molecular complexity index is 949. The highest BCUT2D eigenvalue weighted by molar-refractivity contribution is 5.98. The number of hydrogen-bond donors (Lipinski definition) is 3. The van der Waals surface area contributed by atoms with Gasteiger partial charge < -0.3 is 20.7 Å². The standard InChI is InChI=1S/C22H26N4O3/c1-14-11-17(6-7-18(14)22(28)26-9-3-4-10-26)25-20(27)13-16-12-15(21(23)24)5-8-19(16)29-2/h5-8,11-12H,3-4,9-10,13H2,1-2H3,(H3,23,24)(H,25,27). The molecule has 7 heteroatoms. The molecular weight excluding hydrogens is 368 g/mol. The molecule has 7 nitrogen and oxygen atoms in total. The lowest BCUT2D eigenvalue weighted by Crippen LogP contribution is -2.28. The molecule has 0 spiro atoms. The number of amides is 2. The summed E-state index contributed by atoms with van der Waals surface area (Å²) in [6.45, 7) is 3.48. The molecule has 1 aliphatic rings. The van der Waals surface area contributed by atoms with Gasteiger partial charge in [0.15, 0.2) is 0 Å². The predicted octanol–water partition coefficient (Wildman–Crippen LogP) is 2.70. The van der Waals surface area contributed by atoms with Gasteiger partial charge in [-0.1, -0.05) is 0 Å². The van der Waals surface area contributed by atoms with Crippen molar-refractivity contribution >= 4 is 23.3 Å². The minimum Gasteiger partial charge on any atom is -0.496 e. The normalized spacial score (nSPS) is 13.2. The number of methoxy groups -OCH3 is 1. The summed E-state index contributed by atoms with van der Waals surface area (Å²) >= 11 is 0. The average molecular weight is 394 g/mol. The fraction of sp³-hybridized carbons (Fsp3) is 0.318. The summed E-state index contributed by atoms with van der Waals surface area (Å²) in [5.74, 6) is 0.321. The quantitative estimate of drug-likeness (QED) is 0.517. The first kappa shape index (κ1) is 20.4. The first-order chi connectivity index (χ1) is 13.9. The van der Waals surface area contributed by atoms with E-state index >= 15 is 0 Å². The van der Waals surface area contributed by atoms with Crippen molar-refractivity contribution in [1.29, 1.82) is 5.41 Å². The van der Waals surface area contributed by atoms with E-state index in [-0.39, 0.29) is 24.1 Å². The molecule has 0 unspecified atom stereocenters. The second-order valence-corrected chi connectivity index (χ2v) is 7.19. The topological polar surface area (TPSA) is 109 Å². The number of nitrogens with two attached hydrogens (primary N) is 1. The molecule has 1 fully saturated rings. The van der Waals surface area contributed by atoms with Gasteiger partial charge in [-0.3, -0.25) is 15.0 Å². The minimum absolute atomic E-state index is 0.0451. The number of amidine groups is 1. The number of carbonyl (C=O) groups is 2. The third kappa shape index (κ3) is 4.74. The number of carbonyl (C=O) groups excluding carboxylic acids is 2. The van der Waals surface area contributed by atoms with Gasteiger partial charge >= 0.3 is 0 Å². The molecule has 2 aromatic rings. The molecular formula is C22H26N4O3. The van der Waals surface area contributed by atoms with E-state index in [1.165, 1.54) is 7.11 Å². The lowest BCUT2D eigenvalue weighted by atomic mass is 10.0. The summed E-state index contributed by atoms with van der Waals surface area (Å²) in [5.41, 5.74) is 8.85. The van der Waals surface area contributed by atoms with Crippen LogP contribution in [-0.2, 0) is 11.2 Å². The molecule has 29 heavy (non-hydrogen) atoms. The Morgan fingerprint density at radius 2 is 1.90 bits per heavy atom. The largest absolute Gasteiger partial charge is 0.496 e. The van der Waals surface area contributed by atoms with Crippen LogP contribution in [0, 0.1) is 12.3 Å². The summed E-state index contributed by atoms with van der Waals surface area (Å²) < 4.78 is 5.31. The summed E-state index contributed by atoms with van der Waals surface area (Å²) in [6.07, 6.45) is 2.18. The van der Waals surface area contributed by atoms with Crippen molar-refractivity contribution in [2.75, 3.05) is 25.5 Å². The van der Waals surface area contributed by atoms with Crippen LogP contribution < -0.4 is 15.8 Å². The van der Waals surface area contributed by atoms with E-state index in [2.05, 4.69) is 5.32 Å². The average Bonchev–Trinajstić information content (AvgIpc) is 3.22. The van der Waals surface area contributed by atoms with Crippen LogP contribution in [0.5, 0.6) is 5.75 Å². The first-order valence-corrected chi connectivity index (χ1v) is 9.60. The highest BCUT2D eigenvalue weighted by atomic mass is 16.5. The van der Waals surface area contributed by atoms with E-state index in [1.807, 2.05) is 17.9 Å². The predicted molar refractivity (Wildman–Crippen MR) is 113 cm³/mol. The van der Waals surface area contributed by atoms with Crippen LogP contribution in [0.3, 0.4) is 0 Å². The Hall–Kier alpha value is -3.35. The number of aryl methyl sites for hydroxylation is 1. The van der Waals surface area contributed by atoms with Crippen LogP contribution in [0.25, 0.3) is 0 Å². The Morgan fingerprint density at radius 3 is 2.52 bits per heavy atom. The molecule has 0 atom stereocenters. The lowest BCUT2D eigenvalue weighted by molar-refractivity contribution is -0.115. The highest BCUT2D eigenvalue weighted by Crippen LogP contribution is 2.22. The first-order valence-electron chi connectivity index (χ1n) is 9.60. The molecule has 152 valence electrons. The third-order valence-corrected chi connectivity index (χ3v) is 5.08. The Labute approximate surface area is 170 Å². The van der Waals surface area contributed by atoms with Crippen LogP contribution in [-0.4, -0.2) is 42.7 Å². The number of likely N-dealkylation sites (tertiary alicyclic amines) is 1. The maximum Gasteiger partial charge on any atom is 0.254 e. The zero-order valence-corrected chi connectivity index (χ0v) is 16.7.